The van der Waals surface area contributed by atoms with Crippen molar-refractivity contribution in [3.63, 3.8) is 0 Å². The van der Waals surface area contributed by atoms with Gasteiger partial charge in [-0.15, -0.1) is 0 Å². The molecule has 0 atom stereocenters. The van der Waals surface area contributed by atoms with Gasteiger partial charge in [-0.25, -0.2) is 4.98 Å². The van der Waals surface area contributed by atoms with Crippen LogP contribution in [0.5, 0.6) is 0 Å². The van der Waals surface area contributed by atoms with Crippen LogP contribution in [0.2, 0.25) is 0 Å². The summed E-state index contributed by atoms with van der Waals surface area (Å²) < 4.78 is 0.849. The summed E-state index contributed by atoms with van der Waals surface area (Å²) in [6.45, 7) is 2.39. The summed E-state index contributed by atoms with van der Waals surface area (Å²) in [5.41, 5.74) is 1.28. The largest absolute Gasteiger partial charge is 0.336 e. The minimum atomic E-state index is 0.676. The number of nitrogens with zero attached hydrogens (tertiary/aromatic N) is 2. The quantitative estimate of drug-likeness (QED) is 0.819. The molecular formula is C9H14BrN3. The molecule has 2 heterocycles. The maximum absolute atomic E-state index is 4.16. The van der Waals surface area contributed by atoms with Gasteiger partial charge in [0.05, 0.1) is 0 Å². The van der Waals surface area contributed by atoms with Gasteiger partial charge in [0.1, 0.15) is 0 Å². The first-order chi connectivity index (χ1) is 6.25. The van der Waals surface area contributed by atoms with Crippen LogP contribution in [0.25, 0.3) is 0 Å². The number of H-pyrrole nitrogens is 1. The van der Waals surface area contributed by atoms with Gasteiger partial charge in [-0.05, 0) is 48.9 Å². The molecule has 0 aromatic carbocycles. The van der Waals surface area contributed by atoms with E-state index < -0.39 is 0 Å². The van der Waals surface area contributed by atoms with Crippen LogP contribution < -0.4 is 0 Å². The summed E-state index contributed by atoms with van der Waals surface area (Å²) in [6, 6.07) is 0. The Labute approximate surface area is 86.7 Å². The second-order valence-electron chi connectivity index (χ2n) is 3.71. The molecule has 2 rings (SSSR count). The van der Waals surface area contributed by atoms with Crippen molar-refractivity contribution in [3.8, 4) is 0 Å². The van der Waals surface area contributed by atoms with Gasteiger partial charge in [0.25, 0.3) is 0 Å². The van der Waals surface area contributed by atoms with E-state index in [4.69, 9.17) is 0 Å². The van der Waals surface area contributed by atoms with Gasteiger partial charge in [0.2, 0.25) is 0 Å². The smallest absolute Gasteiger partial charge is 0.174 e. The molecule has 1 fully saturated rings. The SMILES string of the molecule is CN1CCC(c2cnc(Br)[nH]2)CC1. The molecule has 1 saturated heterocycles. The van der Waals surface area contributed by atoms with E-state index in [1.165, 1.54) is 31.6 Å². The maximum atomic E-state index is 4.16. The van der Waals surface area contributed by atoms with E-state index in [1.807, 2.05) is 6.20 Å². The maximum Gasteiger partial charge on any atom is 0.174 e. The van der Waals surface area contributed by atoms with Crippen molar-refractivity contribution < 1.29 is 0 Å². The number of hydrogen-bond acceptors (Lipinski definition) is 2. The summed E-state index contributed by atoms with van der Waals surface area (Å²) in [5, 5.41) is 0. The van der Waals surface area contributed by atoms with E-state index in [2.05, 4.69) is 37.8 Å². The fourth-order valence-corrected chi connectivity index (χ4v) is 2.17. The molecule has 0 saturated carbocycles. The summed E-state index contributed by atoms with van der Waals surface area (Å²) in [7, 11) is 2.18. The van der Waals surface area contributed by atoms with Crippen LogP contribution in [0.15, 0.2) is 10.9 Å². The Hall–Kier alpha value is -0.350. The molecule has 0 unspecified atom stereocenters. The van der Waals surface area contributed by atoms with Crippen LogP contribution in [0.1, 0.15) is 24.5 Å². The third kappa shape index (κ3) is 2.11. The Morgan fingerprint density at radius 3 is 2.77 bits per heavy atom. The summed E-state index contributed by atoms with van der Waals surface area (Å²) in [4.78, 5) is 9.78. The molecule has 72 valence electrons. The zero-order valence-electron chi connectivity index (χ0n) is 7.76. The number of imidazole rings is 1. The van der Waals surface area contributed by atoms with Gasteiger partial charge >= 0.3 is 0 Å². The van der Waals surface area contributed by atoms with Gasteiger partial charge in [0.15, 0.2) is 4.73 Å². The van der Waals surface area contributed by atoms with Gasteiger partial charge in [-0.2, -0.15) is 0 Å². The number of aromatic nitrogens is 2. The number of likely N-dealkylation sites (tertiary alicyclic amines) is 1. The summed E-state index contributed by atoms with van der Waals surface area (Å²) >= 11 is 3.33. The lowest BCUT2D eigenvalue weighted by molar-refractivity contribution is 0.253. The first-order valence-electron chi connectivity index (χ1n) is 4.64. The molecule has 1 aliphatic heterocycles. The number of piperidine rings is 1. The predicted molar refractivity (Wildman–Crippen MR) is 55.8 cm³/mol. The van der Waals surface area contributed by atoms with E-state index in [9.17, 15) is 0 Å². The topological polar surface area (TPSA) is 31.9 Å². The minimum absolute atomic E-state index is 0.676. The predicted octanol–water partition coefficient (Wildman–Crippen LogP) is 1.98. The Balaban J connectivity index is 2.02. The van der Waals surface area contributed by atoms with Crippen molar-refractivity contribution in [2.45, 2.75) is 18.8 Å². The molecular weight excluding hydrogens is 230 g/mol. The number of halogens is 1. The number of hydrogen-bond donors (Lipinski definition) is 1. The molecule has 0 bridgehead atoms. The summed E-state index contributed by atoms with van der Waals surface area (Å²) in [5.74, 6) is 0.676. The highest BCUT2D eigenvalue weighted by molar-refractivity contribution is 9.10. The molecule has 13 heavy (non-hydrogen) atoms. The van der Waals surface area contributed by atoms with Crippen LogP contribution in [-0.4, -0.2) is 35.0 Å². The van der Waals surface area contributed by atoms with Crippen LogP contribution in [-0.2, 0) is 0 Å². The lowest BCUT2D eigenvalue weighted by Crippen LogP contribution is -2.29. The van der Waals surface area contributed by atoms with Crippen molar-refractivity contribution >= 4 is 15.9 Å². The van der Waals surface area contributed by atoms with Crippen LogP contribution in [0, 0.1) is 0 Å². The molecule has 1 aromatic heterocycles. The number of rotatable bonds is 1. The zero-order chi connectivity index (χ0) is 9.26. The molecule has 1 aliphatic rings. The average Bonchev–Trinajstić information content (AvgIpc) is 2.53. The first kappa shape index (κ1) is 9.21. The van der Waals surface area contributed by atoms with E-state index in [1.54, 1.807) is 0 Å². The Bertz CT molecular complexity index is 276. The first-order valence-corrected chi connectivity index (χ1v) is 5.44. The van der Waals surface area contributed by atoms with Crippen LogP contribution in [0.3, 0.4) is 0 Å². The van der Waals surface area contributed by atoms with E-state index in [0.717, 1.165) is 4.73 Å². The van der Waals surface area contributed by atoms with Crippen molar-refractivity contribution in [3.05, 3.63) is 16.6 Å². The van der Waals surface area contributed by atoms with E-state index in [-0.39, 0.29) is 0 Å². The molecule has 3 nitrogen and oxygen atoms in total. The molecule has 4 heteroatoms. The Kier molecular flexibility index (Phi) is 2.69. The summed E-state index contributed by atoms with van der Waals surface area (Å²) in [6.07, 6.45) is 4.43. The highest BCUT2D eigenvalue weighted by atomic mass is 79.9. The fourth-order valence-electron chi connectivity index (χ4n) is 1.84. The van der Waals surface area contributed by atoms with Crippen molar-refractivity contribution in [1.29, 1.82) is 0 Å². The van der Waals surface area contributed by atoms with Gasteiger partial charge < -0.3 is 9.88 Å². The van der Waals surface area contributed by atoms with Gasteiger partial charge in [-0.1, -0.05) is 0 Å². The lowest BCUT2D eigenvalue weighted by atomic mass is 9.94. The standard InChI is InChI=1S/C9H14BrN3/c1-13-4-2-7(3-5-13)8-6-11-9(10)12-8/h6-7H,2-5H2,1H3,(H,11,12). The number of aromatic amines is 1. The fraction of sp³-hybridized carbons (Fsp3) is 0.667. The normalized spacial score (nSPS) is 20.8. The highest BCUT2D eigenvalue weighted by Gasteiger charge is 2.19. The average molecular weight is 244 g/mol. The second kappa shape index (κ2) is 3.80. The van der Waals surface area contributed by atoms with E-state index >= 15 is 0 Å². The van der Waals surface area contributed by atoms with Crippen molar-refractivity contribution in [1.82, 2.24) is 14.9 Å². The zero-order valence-corrected chi connectivity index (χ0v) is 9.34. The molecule has 1 aromatic rings. The highest BCUT2D eigenvalue weighted by Crippen LogP contribution is 2.26. The van der Waals surface area contributed by atoms with Crippen LogP contribution in [0.4, 0.5) is 0 Å². The lowest BCUT2D eigenvalue weighted by Gasteiger charge is -2.27. The molecule has 1 N–H and O–H groups in total. The third-order valence-electron chi connectivity index (χ3n) is 2.72. The molecule has 0 aliphatic carbocycles. The van der Waals surface area contributed by atoms with Gasteiger partial charge in [0, 0.05) is 17.8 Å². The van der Waals surface area contributed by atoms with Crippen molar-refractivity contribution in [2.75, 3.05) is 20.1 Å². The van der Waals surface area contributed by atoms with E-state index in [0.29, 0.717) is 5.92 Å². The Morgan fingerprint density at radius 2 is 2.23 bits per heavy atom. The van der Waals surface area contributed by atoms with Gasteiger partial charge in [-0.3, -0.25) is 0 Å². The Morgan fingerprint density at radius 1 is 1.54 bits per heavy atom. The monoisotopic (exact) mass is 243 g/mol. The molecule has 0 radical (unpaired) electrons. The number of nitrogens with one attached hydrogen (secondary N) is 1. The minimum Gasteiger partial charge on any atom is -0.336 e. The van der Waals surface area contributed by atoms with Crippen molar-refractivity contribution in [2.24, 2.45) is 0 Å². The van der Waals surface area contributed by atoms with Crippen LogP contribution >= 0.6 is 15.9 Å². The molecule has 0 spiro atoms. The second-order valence-corrected chi connectivity index (χ2v) is 4.46. The third-order valence-corrected chi connectivity index (χ3v) is 3.13. The molecule has 0 amide bonds.